The SMILES string of the molecule is O=C([O-])Cn1ccc(NC(=O)OCc2ccccc2)nc1=O. The number of nitrogens with one attached hydrogen (secondary N) is 1. The number of carbonyl (C=O) groups excluding carboxylic acids is 2. The lowest BCUT2D eigenvalue weighted by atomic mass is 10.2. The second-order valence-corrected chi connectivity index (χ2v) is 4.28. The topological polar surface area (TPSA) is 113 Å². The van der Waals surface area contributed by atoms with Gasteiger partial charge in [-0.1, -0.05) is 30.3 Å². The standard InChI is InChI=1S/C14H13N3O5/c18-12(19)8-17-7-6-11(15-13(17)20)16-14(21)22-9-10-4-2-1-3-5-10/h1-7H,8-9H2,(H,18,19)(H,15,16,20,21)/p-1. The monoisotopic (exact) mass is 302 g/mol. The van der Waals surface area contributed by atoms with Gasteiger partial charge in [0.2, 0.25) is 0 Å². The Hall–Kier alpha value is -3.16. The van der Waals surface area contributed by atoms with Crippen LogP contribution in [0.3, 0.4) is 0 Å². The Morgan fingerprint density at radius 2 is 1.95 bits per heavy atom. The van der Waals surface area contributed by atoms with Crippen LogP contribution in [0.4, 0.5) is 10.6 Å². The van der Waals surface area contributed by atoms with Crippen molar-refractivity contribution < 1.29 is 19.4 Å². The van der Waals surface area contributed by atoms with Gasteiger partial charge in [-0.25, -0.2) is 9.59 Å². The third-order valence-corrected chi connectivity index (χ3v) is 2.62. The molecule has 0 aliphatic heterocycles. The third kappa shape index (κ3) is 4.44. The number of aromatic nitrogens is 2. The Bertz CT molecular complexity index is 727. The van der Waals surface area contributed by atoms with Gasteiger partial charge in [0.1, 0.15) is 12.4 Å². The fourth-order valence-corrected chi connectivity index (χ4v) is 1.62. The summed E-state index contributed by atoms with van der Waals surface area (Å²) in [4.78, 5) is 37.0. The lowest BCUT2D eigenvalue weighted by molar-refractivity contribution is -0.306. The highest BCUT2D eigenvalue weighted by atomic mass is 16.5. The molecule has 22 heavy (non-hydrogen) atoms. The normalized spacial score (nSPS) is 10.0. The molecule has 0 radical (unpaired) electrons. The molecule has 0 unspecified atom stereocenters. The molecule has 0 aliphatic rings. The Balaban J connectivity index is 1.93. The van der Waals surface area contributed by atoms with Crippen molar-refractivity contribution in [1.82, 2.24) is 9.55 Å². The van der Waals surface area contributed by atoms with E-state index >= 15 is 0 Å². The highest BCUT2D eigenvalue weighted by Crippen LogP contribution is 2.03. The summed E-state index contributed by atoms with van der Waals surface area (Å²) < 4.78 is 5.81. The first-order chi connectivity index (χ1) is 10.5. The summed E-state index contributed by atoms with van der Waals surface area (Å²) >= 11 is 0. The predicted octanol–water partition coefficient (Wildman–Crippen LogP) is -0.258. The van der Waals surface area contributed by atoms with Crippen LogP contribution in [0.1, 0.15) is 5.56 Å². The molecule has 2 rings (SSSR count). The van der Waals surface area contributed by atoms with Crippen molar-refractivity contribution in [3.05, 3.63) is 58.6 Å². The zero-order valence-electron chi connectivity index (χ0n) is 11.4. The molecule has 0 fully saturated rings. The van der Waals surface area contributed by atoms with Gasteiger partial charge in [0.05, 0.1) is 12.5 Å². The molecule has 0 saturated carbocycles. The molecule has 0 atom stereocenters. The molecule has 1 N–H and O–H groups in total. The van der Waals surface area contributed by atoms with E-state index in [9.17, 15) is 19.5 Å². The van der Waals surface area contributed by atoms with Crippen LogP contribution in [0, 0.1) is 0 Å². The molecule has 0 aliphatic carbocycles. The summed E-state index contributed by atoms with van der Waals surface area (Å²) in [5.41, 5.74) is 0.0000409. The number of carbonyl (C=O) groups is 2. The number of rotatable bonds is 5. The molecule has 0 bridgehead atoms. The number of ether oxygens (including phenoxy) is 1. The quantitative estimate of drug-likeness (QED) is 0.814. The van der Waals surface area contributed by atoms with Crippen LogP contribution < -0.4 is 16.1 Å². The van der Waals surface area contributed by atoms with Crippen LogP contribution >= 0.6 is 0 Å². The van der Waals surface area contributed by atoms with E-state index in [1.165, 1.54) is 12.3 Å². The van der Waals surface area contributed by atoms with Crippen molar-refractivity contribution >= 4 is 17.9 Å². The molecular formula is C14H12N3O5-. The van der Waals surface area contributed by atoms with Gasteiger partial charge in [-0.3, -0.25) is 9.88 Å². The van der Waals surface area contributed by atoms with Crippen molar-refractivity contribution in [2.75, 3.05) is 5.32 Å². The van der Waals surface area contributed by atoms with E-state index < -0.39 is 24.3 Å². The zero-order chi connectivity index (χ0) is 15.9. The van der Waals surface area contributed by atoms with E-state index in [4.69, 9.17) is 4.74 Å². The summed E-state index contributed by atoms with van der Waals surface area (Å²) in [6.45, 7) is -0.529. The molecule has 1 aromatic carbocycles. The molecule has 0 spiro atoms. The van der Waals surface area contributed by atoms with E-state index in [0.29, 0.717) is 0 Å². The summed E-state index contributed by atoms with van der Waals surface area (Å²) in [5.74, 6) is -1.44. The Morgan fingerprint density at radius 3 is 2.59 bits per heavy atom. The maximum Gasteiger partial charge on any atom is 0.413 e. The summed E-state index contributed by atoms with van der Waals surface area (Å²) in [6.07, 6.45) is 0.422. The van der Waals surface area contributed by atoms with Crippen LogP contribution in [0.5, 0.6) is 0 Å². The highest BCUT2D eigenvalue weighted by molar-refractivity contribution is 5.83. The lowest BCUT2D eigenvalue weighted by Gasteiger charge is -2.08. The van der Waals surface area contributed by atoms with Gasteiger partial charge >= 0.3 is 11.8 Å². The Morgan fingerprint density at radius 1 is 1.23 bits per heavy atom. The molecule has 1 heterocycles. The van der Waals surface area contributed by atoms with Gasteiger partial charge in [0.25, 0.3) is 0 Å². The van der Waals surface area contributed by atoms with Crippen LogP contribution in [0.15, 0.2) is 47.4 Å². The Kier molecular flexibility index (Phi) is 4.86. The Labute approximate surface area is 125 Å². The number of aliphatic carboxylic acids is 1. The van der Waals surface area contributed by atoms with Gasteiger partial charge in [-0.2, -0.15) is 4.98 Å². The number of carboxylic acid groups (broad SMARTS) is 1. The molecular weight excluding hydrogens is 290 g/mol. The number of carboxylic acids is 1. The maximum absolute atomic E-state index is 11.6. The average molecular weight is 302 g/mol. The first-order valence-electron chi connectivity index (χ1n) is 6.29. The van der Waals surface area contributed by atoms with E-state index in [1.54, 1.807) is 12.1 Å². The van der Waals surface area contributed by atoms with Gasteiger partial charge in [-0.05, 0) is 11.6 Å². The zero-order valence-corrected chi connectivity index (χ0v) is 11.4. The van der Waals surface area contributed by atoms with Gasteiger partial charge in [0, 0.05) is 6.20 Å². The number of hydrogen-bond acceptors (Lipinski definition) is 6. The molecule has 0 saturated heterocycles. The predicted molar refractivity (Wildman–Crippen MR) is 73.8 cm³/mol. The molecule has 114 valence electrons. The first-order valence-corrected chi connectivity index (χ1v) is 6.29. The van der Waals surface area contributed by atoms with Gasteiger partial charge in [0.15, 0.2) is 0 Å². The van der Waals surface area contributed by atoms with Crippen LogP contribution in [0.25, 0.3) is 0 Å². The van der Waals surface area contributed by atoms with Crippen molar-refractivity contribution in [3.8, 4) is 0 Å². The minimum atomic E-state index is -1.41. The summed E-state index contributed by atoms with van der Waals surface area (Å²) in [5, 5.41) is 12.7. The maximum atomic E-state index is 11.6. The van der Waals surface area contributed by atoms with Gasteiger partial charge < -0.3 is 14.6 Å². The number of hydrogen-bond donors (Lipinski definition) is 1. The summed E-state index contributed by atoms with van der Waals surface area (Å²) in [6, 6.07) is 10.4. The third-order valence-electron chi connectivity index (χ3n) is 2.62. The highest BCUT2D eigenvalue weighted by Gasteiger charge is 2.06. The lowest BCUT2D eigenvalue weighted by Crippen LogP contribution is -2.34. The second kappa shape index (κ2) is 7.02. The summed E-state index contributed by atoms with van der Waals surface area (Å²) in [7, 11) is 0. The van der Waals surface area contributed by atoms with Crippen LogP contribution in [0.2, 0.25) is 0 Å². The fraction of sp³-hybridized carbons (Fsp3) is 0.143. The second-order valence-electron chi connectivity index (χ2n) is 4.28. The van der Waals surface area contributed by atoms with Crippen LogP contribution in [-0.4, -0.2) is 21.6 Å². The molecule has 1 amide bonds. The van der Waals surface area contributed by atoms with Crippen molar-refractivity contribution in [1.29, 1.82) is 0 Å². The minimum Gasteiger partial charge on any atom is -0.548 e. The van der Waals surface area contributed by atoms with Crippen LogP contribution in [-0.2, 0) is 22.7 Å². The number of benzene rings is 1. The average Bonchev–Trinajstić information content (AvgIpc) is 2.49. The molecule has 1 aromatic heterocycles. The van der Waals surface area contributed by atoms with E-state index in [1.807, 2.05) is 18.2 Å². The van der Waals surface area contributed by atoms with Crippen molar-refractivity contribution in [2.24, 2.45) is 0 Å². The van der Waals surface area contributed by atoms with E-state index in [0.717, 1.165) is 10.1 Å². The minimum absolute atomic E-state index is 0.0299. The molecule has 8 nitrogen and oxygen atoms in total. The number of amides is 1. The van der Waals surface area contributed by atoms with E-state index in [-0.39, 0.29) is 12.4 Å². The smallest absolute Gasteiger partial charge is 0.413 e. The first kappa shape index (κ1) is 15.2. The van der Waals surface area contributed by atoms with E-state index in [2.05, 4.69) is 10.3 Å². The molecule has 2 aromatic rings. The number of nitrogens with zero attached hydrogens (tertiary/aromatic N) is 2. The fourth-order valence-electron chi connectivity index (χ4n) is 1.62. The van der Waals surface area contributed by atoms with Gasteiger partial charge in [-0.15, -0.1) is 0 Å². The molecule has 8 heteroatoms. The van der Waals surface area contributed by atoms with Crippen molar-refractivity contribution in [2.45, 2.75) is 13.2 Å². The largest absolute Gasteiger partial charge is 0.548 e. The number of anilines is 1. The van der Waals surface area contributed by atoms with Crippen molar-refractivity contribution in [3.63, 3.8) is 0 Å².